The lowest BCUT2D eigenvalue weighted by Gasteiger charge is -2.18. The summed E-state index contributed by atoms with van der Waals surface area (Å²) in [5, 5.41) is 5.79. The maximum atomic E-state index is 13.2. The second-order valence-corrected chi connectivity index (χ2v) is 8.48. The predicted octanol–water partition coefficient (Wildman–Crippen LogP) is 6.66. The van der Waals surface area contributed by atoms with E-state index in [0.717, 1.165) is 10.5 Å². The van der Waals surface area contributed by atoms with Crippen molar-refractivity contribution < 1.29 is 14.0 Å². The van der Waals surface area contributed by atoms with Crippen LogP contribution in [0.5, 0.6) is 0 Å². The van der Waals surface area contributed by atoms with Crippen LogP contribution in [0.4, 0.5) is 11.4 Å². The molecule has 2 N–H and O–H groups in total. The second-order valence-electron chi connectivity index (χ2n) is 6.87. The van der Waals surface area contributed by atoms with Gasteiger partial charge in [0, 0.05) is 21.3 Å². The third-order valence-electron chi connectivity index (χ3n) is 4.52. The van der Waals surface area contributed by atoms with Crippen LogP contribution < -0.4 is 10.6 Å². The number of anilines is 2. The Hall–Kier alpha value is -3.48. The Morgan fingerprint density at radius 2 is 1.56 bits per heavy atom. The number of hydrogen-bond acceptors (Lipinski definition) is 4. The topological polar surface area (TPSA) is 71.3 Å². The standard InChI is InChI=1S/C25H19ClN2O3S/c26-18-9-4-10-19(15-18)28-25(30)23(17-7-2-1-3-8-17)32-21-12-5-11-20(16-21)27-24(29)22-13-6-14-31-22/h1-16,23H,(H,27,29)(H,28,30). The quantitative estimate of drug-likeness (QED) is 0.301. The third kappa shape index (κ3) is 5.60. The van der Waals surface area contributed by atoms with E-state index in [9.17, 15) is 9.59 Å². The Kier molecular flexibility index (Phi) is 6.94. The van der Waals surface area contributed by atoms with Crippen LogP contribution in [0.3, 0.4) is 0 Å². The van der Waals surface area contributed by atoms with Gasteiger partial charge in [0.15, 0.2) is 5.76 Å². The molecule has 160 valence electrons. The molecule has 32 heavy (non-hydrogen) atoms. The van der Waals surface area contributed by atoms with Crippen molar-refractivity contribution in [1.82, 2.24) is 0 Å². The van der Waals surface area contributed by atoms with Crippen molar-refractivity contribution >= 4 is 46.6 Å². The number of nitrogens with one attached hydrogen (secondary N) is 2. The highest BCUT2D eigenvalue weighted by Crippen LogP contribution is 2.37. The Bertz CT molecular complexity index is 1210. The van der Waals surface area contributed by atoms with Crippen LogP contribution in [0.2, 0.25) is 5.02 Å². The van der Waals surface area contributed by atoms with Gasteiger partial charge in [-0.1, -0.05) is 54.1 Å². The summed E-state index contributed by atoms with van der Waals surface area (Å²) in [6.45, 7) is 0. The Labute approximate surface area is 194 Å². The van der Waals surface area contributed by atoms with Crippen LogP contribution in [-0.4, -0.2) is 11.8 Å². The lowest BCUT2D eigenvalue weighted by Crippen LogP contribution is -2.19. The number of carbonyl (C=O) groups is 2. The fourth-order valence-corrected chi connectivity index (χ4v) is 4.33. The van der Waals surface area contributed by atoms with E-state index < -0.39 is 5.25 Å². The minimum atomic E-state index is -0.508. The molecule has 4 aromatic rings. The van der Waals surface area contributed by atoms with E-state index >= 15 is 0 Å². The molecule has 4 rings (SSSR count). The van der Waals surface area contributed by atoms with Gasteiger partial charge in [0.25, 0.3) is 5.91 Å². The van der Waals surface area contributed by atoms with Gasteiger partial charge in [0.05, 0.1) is 6.26 Å². The van der Waals surface area contributed by atoms with Crippen LogP contribution >= 0.6 is 23.4 Å². The summed E-state index contributed by atoms with van der Waals surface area (Å²) >= 11 is 7.45. The number of furan rings is 1. The first kappa shape index (κ1) is 21.7. The lowest BCUT2D eigenvalue weighted by molar-refractivity contribution is -0.115. The number of hydrogen-bond donors (Lipinski definition) is 2. The van der Waals surface area contributed by atoms with Crippen LogP contribution in [0, 0.1) is 0 Å². The molecular weight excluding hydrogens is 444 g/mol. The van der Waals surface area contributed by atoms with E-state index in [0.29, 0.717) is 16.4 Å². The zero-order valence-corrected chi connectivity index (χ0v) is 18.4. The molecule has 1 unspecified atom stereocenters. The Balaban J connectivity index is 1.55. The molecule has 0 radical (unpaired) electrons. The van der Waals surface area contributed by atoms with Crippen molar-refractivity contribution in [3.63, 3.8) is 0 Å². The van der Waals surface area contributed by atoms with Crippen molar-refractivity contribution in [2.75, 3.05) is 10.6 Å². The number of benzene rings is 3. The molecule has 0 saturated heterocycles. The van der Waals surface area contributed by atoms with Crippen molar-refractivity contribution in [3.8, 4) is 0 Å². The zero-order chi connectivity index (χ0) is 22.3. The molecule has 0 aliphatic carbocycles. The fraction of sp³-hybridized carbons (Fsp3) is 0.0400. The SMILES string of the molecule is O=C(Nc1cccc(SC(C(=O)Nc2cccc(Cl)c2)c2ccccc2)c1)c1ccco1. The van der Waals surface area contributed by atoms with E-state index in [2.05, 4.69) is 10.6 Å². The maximum absolute atomic E-state index is 13.2. The summed E-state index contributed by atoms with van der Waals surface area (Å²) in [5.74, 6) is -0.282. The molecule has 1 heterocycles. The van der Waals surface area contributed by atoms with E-state index in [1.54, 1.807) is 42.5 Å². The molecule has 0 saturated carbocycles. The van der Waals surface area contributed by atoms with Gasteiger partial charge >= 0.3 is 0 Å². The number of rotatable bonds is 7. The van der Waals surface area contributed by atoms with Crippen molar-refractivity contribution in [2.45, 2.75) is 10.1 Å². The largest absolute Gasteiger partial charge is 0.459 e. The van der Waals surface area contributed by atoms with Gasteiger partial charge in [0.2, 0.25) is 5.91 Å². The van der Waals surface area contributed by atoms with Gasteiger partial charge in [0.1, 0.15) is 5.25 Å². The number of thioether (sulfide) groups is 1. The summed E-state index contributed by atoms with van der Waals surface area (Å²) in [4.78, 5) is 26.3. The van der Waals surface area contributed by atoms with Gasteiger partial charge in [-0.3, -0.25) is 9.59 Å². The number of halogens is 1. The first-order valence-corrected chi connectivity index (χ1v) is 11.1. The minimum absolute atomic E-state index is 0.173. The highest BCUT2D eigenvalue weighted by Gasteiger charge is 2.22. The first-order chi connectivity index (χ1) is 15.6. The fourth-order valence-electron chi connectivity index (χ4n) is 3.06. The molecule has 0 aliphatic heterocycles. The van der Waals surface area contributed by atoms with E-state index in [-0.39, 0.29) is 17.6 Å². The molecule has 0 bridgehead atoms. The first-order valence-electron chi connectivity index (χ1n) is 9.81. The summed E-state index contributed by atoms with van der Waals surface area (Å²) in [6.07, 6.45) is 1.45. The summed E-state index contributed by atoms with van der Waals surface area (Å²) in [7, 11) is 0. The average molecular weight is 463 g/mol. The lowest BCUT2D eigenvalue weighted by atomic mass is 10.1. The summed E-state index contributed by atoms with van der Waals surface area (Å²) < 4.78 is 5.14. The second kappa shape index (κ2) is 10.2. The van der Waals surface area contributed by atoms with Gasteiger partial charge < -0.3 is 15.1 Å². The van der Waals surface area contributed by atoms with E-state index in [1.165, 1.54) is 18.0 Å². The number of carbonyl (C=O) groups excluding carboxylic acids is 2. The van der Waals surface area contributed by atoms with Crippen LogP contribution in [0.15, 0.2) is 107 Å². The van der Waals surface area contributed by atoms with Crippen molar-refractivity contribution in [1.29, 1.82) is 0 Å². The summed E-state index contributed by atoms with van der Waals surface area (Å²) in [5.41, 5.74) is 2.10. The van der Waals surface area contributed by atoms with E-state index in [4.69, 9.17) is 16.0 Å². The molecule has 7 heteroatoms. The molecule has 0 aliphatic rings. The smallest absolute Gasteiger partial charge is 0.291 e. The average Bonchev–Trinajstić information content (AvgIpc) is 3.34. The molecular formula is C25H19ClN2O3S. The Morgan fingerprint density at radius 1 is 0.812 bits per heavy atom. The number of amides is 2. The third-order valence-corrected chi connectivity index (χ3v) is 6.01. The van der Waals surface area contributed by atoms with Gasteiger partial charge in [-0.15, -0.1) is 11.8 Å². The Morgan fingerprint density at radius 3 is 2.28 bits per heavy atom. The van der Waals surface area contributed by atoms with Crippen LogP contribution in [0.25, 0.3) is 0 Å². The van der Waals surface area contributed by atoms with Crippen LogP contribution in [-0.2, 0) is 4.79 Å². The maximum Gasteiger partial charge on any atom is 0.291 e. The minimum Gasteiger partial charge on any atom is -0.459 e. The zero-order valence-electron chi connectivity index (χ0n) is 16.8. The monoisotopic (exact) mass is 462 g/mol. The van der Waals surface area contributed by atoms with Gasteiger partial charge in [-0.05, 0) is 54.1 Å². The summed E-state index contributed by atoms with van der Waals surface area (Å²) in [6, 6.07) is 27.2. The van der Waals surface area contributed by atoms with Gasteiger partial charge in [-0.2, -0.15) is 0 Å². The molecule has 2 amide bonds. The molecule has 1 atom stereocenters. The molecule has 1 aromatic heterocycles. The van der Waals surface area contributed by atoms with Crippen molar-refractivity contribution in [2.24, 2.45) is 0 Å². The van der Waals surface area contributed by atoms with E-state index in [1.807, 2.05) is 48.5 Å². The molecule has 5 nitrogen and oxygen atoms in total. The highest BCUT2D eigenvalue weighted by atomic mass is 35.5. The normalized spacial score (nSPS) is 11.5. The van der Waals surface area contributed by atoms with Crippen molar-refractivity contribution in [3.05, 3.63) is 114 Å². The van der Waals surface area contributed by atoms with Crippen LogP contribution in [0.1, 0.15) is 21.4 Å². The molecule has 3 aromatic carbocycles. The van der Waals surface area contributed by atoms with Gasteiger partial charge in [-0.25, -0.2) is 0 Å². The predicted molar refractivity (Wildman–Crippen MR) is 128 cm³/mol. The molecule has 0 fully saturated rings. The molecule has 0 spiro atoms. The highest BCUT2D eigenvalue weighted by molar-refractivity contribution is 8.00.